The van der Waals surface area contributed by atoms with E-state index in [2.05, 4.69) is 29.6 Å². The highest BCUT2D eigenvalue weighted by molar-refractivity contribution is 5.79. The van der Waals surface area contributed by atoms with Gasteiger partial charge in [-0.2, -0.15) is 0 Å². The van der Waals surface area contributed by atoms with E-state index in [1.54, 1.807) is 0 Å². The number of carboxylic acid groups (broad SMARTS) is 1. The van der Waals surface area contributed by atoms with Gasteiger partial charge in [0.2, 0.25) is 0 Å². The Kier molecular flexibility index (Phi) is 17.6. The van der Waals surface area contributed by atoms with Gasteiger partial charge in [-0.25, -0.2) is 4.79 Å². The summed E-state index contributed by atoms with van der Waals surface area (Å²) in [6.45, 7) is 4.73. The lowest BCUT2D eigenvalue weighted by Crippen LogP contribution is -2.29. The van der Waals surface area contributed by atoms with Gasteiger partial charge in [-0.15, -0.1) is 0 Å². The van der Waals surface area contributed by atoms with E-state index in [1.807, 2.05) is 24.3 Å². The third kappa shape index (κ3) is 14.4. The second-order valence-corrected chi connectivity index (χ2v) is 10.1. The molecule has 0 atom stereocenters. The Morgan fingerprint density at radius 3 is 1.60 bits per heavy atom. The molecule has 0 saturated carbocycles. The number of carbonyl (C=O) groups is 3. The molecule has 2 aromatic rings. The Morgan fingerprint density at radius 2 is 1.07 bits per heavy atom. The number of carboxylic acids is 1. The molecular weight excluding hydrogens is 586 g/mol. The Labute approximate surface area is 264 Å². The fourth-order valence-electron chi connectivity index (χ4n) is 4.69. The average molecular weight is 632 g/mol. The van der Waals surface area contributed by atoms with Crippen molar-refractivity contribution in [3.63, 3.8) is 0 Å². The van der Waals surface area contributed by atoms with Crippen LogP contribution in [-0.4, -0.2) is 109 Å². The first-order valence-corrected chi connectivity index (χ1v) is 15.4. The summed E-state index contributed by atoms with van der Waals surface area (Å²) < 4.78 is 37.7. The van der Waals surface area contributed by atoms with Gasteiger partial charge in [0.1, 0.15) is 13.2 Å². The zero-order valence-corrected chi connectivity index (χ0v) is 25.7. The smallest absolute Gasteiger partial charge is 0.407 e. The molecule has 0 aromatic heterocycles. The standard InChI is InChI=1S/C33H45NO11/c35-31(36)11-5-6-12-32(37)44-24-23-43-22-21-42-20-19-41-18-17-40-16-15-39-14-13-34-33(38)45-25-30-28-9-3-1-7-26(28)27-8-2-4-10-29(27)30/h1-4,7-10,30H,5-6,11-25H2,(H,34,38)(H,35,36). The maximum Gasteiger partial charge on any atom is 0.407 e. The summed E-state index contributed by atoms with van der Waals surface area (Å²) in [7, 11) is 0. The minimum Gasteiger partial charge on any atom is -0.481 e. The van der Waals surface area contributed by atoms with E-state index >= 15 is 0 Å². The number of nitrogens with one attached hydrogen (secondary N) is 1. The van der Waals surface area contributed by atoms with Crippen LogP contribution in [0.5, 0.6) is 0 Å². The molecule has 1 aliphatic rings. The highest BCUT2D eigenvalue weighted by Crippen LogP contribution is 2.44. The maximum atomic E-state index is 12.2. The summed E-state index contributed by atoms with van der Waals surface area (Å²) in [5, 5.41) is 11.3. The maximum absolute atomic E-state index is 12.2. The van der Waals surface area contributed by atoms with Gasteiger partial charge in [-0.3, -0.25) is 9.59 Å². The number of amides is 1. The Bertz CT molecular complexity index is 1110. The molecule has 2 N–H and O–H groups in total. The summed E-state index contributed by atoms with van der Waals surface area (Å²) in [5.74, 6) is -1.19. The van der Waals surface area contributed by atoms with E-state index in [9.17, 15) is 14.4 Å². The van der Waals surface area contributed by atoms with E-state index < -0.39 is 12.1 Å². The van der Waals surface area contributed by atoms with E-state index in [0.29, 0.717) is 78.8 Å². The molecule has 0 fully saturated rings. The van der Waals surface area contributed by atoms with Crippen molar-refractivity contribution in [1.82, 2.24) is 5.32 Å². The molecule has 1 aliphatic carbocycles. The number of aliphatic carboxylic acids is 1. The third-order valence-corrected chi connectivity index (χ3v) is 6.86. The Hall–Kier alpha value is -3.55. The van der Waals surface area contributed by atoms with Gasteiger partial charge in [-0.05, 0) is 35.1 Å². The minimum absolute atomic E-state index is 0.0286. The highest BCUT2D eigenvalue weighted by Gasteiger charge is 2.28. The monoisotopic (exact) mass is 631 g/mol. The molecule has 0 saturated heterocycles. The first kappa shape index (κ1) is 35.9. The zero-order valence-electron chi connectivity index (χ0n) is 25.7. The third-order valence-electron chi connectivity index (χ3n) is 6.86. The van der Waals surface area contributed by atoms with Gasteiger partial charge in [0.05, 0.1) is 66.1 Å². The lowest BCUT2D eigenvalue weighted by atomic mass is 9.98. The molecule has 1 amide bonds. The van der Waals surface area contributed by atoms with Gasteiger partial charge >= 0.3 is 18.0 Å². The van der Waals surface area contributed by atoms with Crippen molar-refractivity contribution in [2.24, 2.45) is 0 Å². The van der Waals surface area contributed by atoms with Crippen molar-refractivity contribution in [2.45, 2.75) is 31.6 Å². The number of ether oxygens (including phenoxy) is 7. The van der Waals surface area contributed by atoms with Gasteiger partial charge < -0.3 is 43.6 Å². The predicted molar refractivity (Wildman–Crippen MR) is 164 cm³/mol. The summed E-state index contributed by atoms with van der Waals surface area (Å²) >= 11 is 0. The topological polar surface area (TPSA) is 148 Å². The fourth-order valence-corrected chi connectivity index (χ4v) is 4.69. The Morgan fingerprint density at radius 1 is 0.600 bits per heavy atom. The Balaban J connectivity index is 1.04. The van der Waals surface area contributed by atoms with Crippen LogP contribution in [0.1, 0.15) is 42.7 Å². The number of unbranched alkanes of at least 4 members (excludes halogenated alkanes) is 1. The van der Waals surface area contributed by atoms with Crippen molar-refractivity contribution in [1.29, 1.82) is 0 Å². The summed E-state index contributed by atoms with van der Waals surface area (Å²) in [6.07, 6.45) is 0.752. The number of rotatable bonds is 25. The highest BCUT2D eigenvalue weighted by atomic mass is 16.6. The molecule has 0 aliphatic heterocycles. The summed E-state index contributed by atoms with van der Waals surface area (Å²) in [6, 6.07) is 16.4. The molecule has 0 unspecified atom stereocenters. The molecule has 12 nitrogen and oxygen atoms in total. The number of hydrogen-bond donors (Lipinski definition) is 2. The molecule has 248 valence electrons. The van der Waals surface area contributed by atoms with Crippen molar-refractivity contribution in [3.8, 4) is 11.1 Å². The number of esters is 1. The number of hydrogen-bond acceptors (Lipinski definition) is 10. The largest absolute Gasteiger partial charge is 0.481 e. The minimum atomic E-state index is -0.866. The first-order chi connectivity index (χ1) is 22.1. The molecule has 0 radical (unpaired) electrons. The van der Waals surface area contributed by atoms with Gasteiger partial charge in [0.25, 0.3) is 0 Å². The van der Waals surface area contributed by atoms with Crippen LogP contribution in [0.4, 0.5) is 4.79 Å². The molecule has 12 heteroatoms. The van der Waals surface area contributed by atoms with Crippen LogP contribution in [0.15, 0.2) is 48.5 Å². The van der Waals surface area contributed by atoms with Crippen molar-refractivity contribution < 1.29 is 52.6 Å². The molecule has 0 spiro atoms. The lowest BCUT2D eigenvalue weighted by Gasteiger charge is -2.14. The lowest BCUT2D eigenvalue weighted by molar-refractivity contribution is -0.146. The van der Waals surface area contributed by atoms with Gasteiger partial charge in [-0.1, -0.05) is 48.5 Å². The van der Waals surface area contributed by atoms with E-state index in [1.165, 1.54) is 22.3 Å². The number of fused-ring (bicyclic) bond motifs is 3. The normalized spacial score (nSPS) is 12.0. The predicted octanol–water partition coefficient (Wildman–Crippen LogP) is 3.80. The van der Waals surface area contributed by atoms with Crippen LogP contribution in [0.2, 0.25) is 0 Å². The van der Waals surface area contributed by atoms with E-state index in [4.69, 9.17) is 38.3 Å². The molecule has 0 heterocycles. The SMILES string of the molecule is O=C(O)CCCCC(=O)OCCOCCOCCOCCOCCOCCNC(=O)OCC1c2ccccc2-c2ccccc21. The quantitative estimate of drug-likeness (QED) is 0.122. The fraction of sp³-hybridized carbons (Fsp3) is 0.545. The molecule has 0 bridgehead atoms. The van der Waals surface area contributed by atoms with Crippen molar-refractivity contribution in [2.75, 3.05) is 85.8 Å². The van der Waals surface area contributed by atoms with E-state index in [-0.39, 0.29) is 44.5 Å². The first-order valence-electron chi connectivity index (χ1n) is 15.4. The summed E-state index contributed by atoms with van der Waals surface area (Å²) in [4.78, 5) is 34.1. The average Bonchev–Trinajstić information content (AvgIpc) is 3.36. The zero-order chi connectivity index (χ0) is 32.0. The van der Waals surface area contributed by atoms with Gasteiger partial charge in [0, 0.05) is 25.3 Å². The molecule has 45 heavy (non-hydrogen) atoms. The van der Waals surface area contributed by atoms with Crippen LogP contribution >= 0.6 is 0 Å². The van der Waals surface area contributed by atoms with Crippen molar-refractivity contribution >= 4 is 18.0 Å². The number of alkyl carbamates (subject to hydrolysis) is 1. The second-order valence-electron chi connectivity index (χ2n) is 10.1. The molecule has 2 aromatic carbocycles. The summed E-state index contributed by atoms with van der Waals surface area (Å²) in [5.41, 5.74) is 4.74. The van der Waals surface area contributed by atoms with Crippen LogP contribution in [0, 0.1) is 0 Å². The second kappa shape index (κ2) is 22.0. The van der Waals surface area contributed by atoms with E-state index in [0.717, 1.165) is 0 Å². The van der Waals surface area contributed by atoms with Crippen LogP contribution < -0.4 is 5.32 Å². The molecule has 3 rings (SSSR count). The van der Waals surface area contributed by atoms with Crippen LogP contribution in [-0.2, 0) is 42.7 Å². The molecular formula is C33H45NO11. The van der Waals surface area contributed by atoms with Crippen LogP contribution in [0.25, 0.3) is 11.1 Å². The van der Waals surface area contributed by atoms with Crippen LogP contribution in [0.3, 0.4) is 0 Å². The van der Waals surface area contributed by atoms with Gasteiger partial charge in [0.15, 0.2) is 0 Å². The number of benzene rings is 2. The number of carbonyl (C=O) groups excluding carboxylic acids is 2. The van der Waals surface area contributed by atoms with Crippen molar-refractivity contribution in [3.05, 3.63) is 59.7 Å².